The molecule has 0 saturated heterocycles. The molecule has 0 unspecified atom stereocenters. The zero-order chi connectivity index (χ0) is 23.3. The summed E-state index contributed by atoms with van der Waals surface area (Å²) in [5.41, 5.74) is 3.51. The standard InChI is InChI=1S/C28H32N2O3/c1-28(2,3)21-10-12-24(13-11-21)33-20-27-29-25-8-5-6-9-26(25)30(27)18-7-19-32-23-16-14-22(31-4)15-17-23/h5-6,8-17H,7,18-20H2,1-4H3. The molecule has 172 valence electrons. The minimum atomic E-state index is 0.125. The molecule has 1 heterocycles. The fourth-order valence-corrected chi connectivity index (χ4v) is 3.77. The van der Waals surface area contributed by atoms with Gasteiger partial charge in [0, 0.05) is 6.54 Å². The van der Waals surface area contributed by atoms with Crippen molar-refractivity contribution in [2.45, 2.75) is 45.8 Å². The molecule has 5 heteroatoms. The first-order valence-electron chi connectivity index (χ1n) is 11.4. The number of para-hydroxylation sites is 2. The van der Waals surface area contributed by atoms with Gasteiger partial charge in [-0.05, 0) is 65.9 Å². The number of hydrogen-bond acceptors (Lipinski definition) is 4. The number of aromatic nitrogens is 2. The maximum absolute atomic E-state index is 6.10. The molecule has 0 atom stereocenters. The number of fused-ring (bicyclic) bond motifs is 1. The van der Waals surface area contributed by atoms with Crippen molar-refractivity contribution >= 4 is 11.0 Å². The molecule has 1 aromatic heterocycles. The summed E-state index contributed by atoms with van der Waals surface area (Å²) >= 11 is 0. The fraction of sp³-hybridized carbons (Fsp3) is 0.321. The molecule has 33 heavy (non-hydrogen) atoms. The summed E-state index contributed by atoms with van der Waals surface area (Å²) in [7, 11) is 1.66. The quantitative estimate of drug-likeness (QED) is 0.281. The van der Waals surface area contributed by atoms with E-state index in [-0.39, 0.29) is 5.41 Å². The van der Waals surface area contributed by atoms with E-state index in [9.17, 15) is 0 Å². The van der Waals surface area contributed by atoms with E-state index in [1.165, 1.54) is 5.56 Å². The first kappa shape index (κ1) is 22.7. The van der Waals surface area contributed by atoms with Crippen LogP contribution in [0.4, 0.5) is 0 Å². The molecular formula is C28H32N2O3. The van der Waals surface area contributed by atoms with Gasteiger partial charge in [-0.25, -0.2) is 4.98 Å². The number of aryl methyl sites for hydroxylation is 1. The average Bonchev–Trinajstić information content (AvgIpc) is 3.18. The zero-order valence-corrected chi connectivity index (χ0v) is 19.9. The van der Waals surface area contributed by atoms with Crippen LogP contribution in [0.1, 0.15) is 38.6 Å². The van der Waals surface area contributed by atoms with E-state index in [4.69, 9.17) is 19.2 Å². The van der Waals surface area contributed by atoms with Crippen LogP contribution in [0, 0.1) is 0 Å². The Hall–Kier alpha value is -3.47. The van der Waals surface area contributed by atoms with Crippen molar-refractivity contribution in [2.75, 3.05) is 13.7 Å². The Kier molecular flexibility index (Phi) is 6.87. The fourth-order valence-electron chi connectivity index (χ4n) is 3.77. The summed E-state index contributed by atoms with van der Waals surface area (Å²) in [5, 5.41) is 0. The van der Waals surface area contributed by atoms with E-state index in [0.29, 0.717) is 13.2 Å². The number of rotatable bonds is 9. The molecule has 0 saturated carbocycles. The Morgan fingerprint density at radius 1 is 0.788 bits per heavy atom. The van der Waals surface area contributed by atoms with Crippen LogP contribution in [0.25, 0.3) is 11.0 Å². The molecule has 0 aliphatic rings. The van der Waals surface area contributed by atoms with Gasteiger partial charge in [-0.3, -0.25) is 0 Å². The number of imidazole rings is 1. The second-order valence-corrected chi connectivity index (χ2v) is 9.11. The lowest BCUT2D eigenvalue weighted by Crippen LogP contribution is -2.11. The van der Waals surface area contributed by atoms with Gasteiger partial charge in [0.25, 0.3) is 0 Å². The van der Waals surface area contributed by atoms with Crippen molar-refractivity contribution in [1.82, 2.24) is 9.55 Å². The third-order valence-corrected chi connectivity index (χ3v) is 5.68. The van der Waals surface area contributed by atoms with E-state index in [1.807, 2.05) is 54.6 Å². The Labute approximate surface area is 195 Å². The Balaban J connectivity index is 1.40. The summed E-state index contributed by atoms with van der Waals surface area (Å²) in [6.45, 7) is 8.48. The van der Waals surface area contributed by atoms with Crippen LogP contribution in [0.3, 0.4) is 0 Å². The van der Waals surface area contributed by atoms with Crippen molar-refractivity contribution in [3.8, 4) is 17.2 Å². The molecule has 0 bridgehead atoms. The van der Waals surface area contributed by atoms with Crippen LogP contribution in [0.2, 0.25) is 0 Å². The van der Waals surface area contributed by atoms with Crippen LogP contribution in [-0.2, 0) is 18.6 Å². The second kappa shape index (κ2) is 9.99. The number of ether oxygens (including phenoxy) is 3. The molecule has 0 fully saturated rings. The van der Waals surface area contributed by atoms with E-state index < -0.39 is 0 Å². The number of benzene rings is 3. The van der Waals surface area contributed by atoms with E-state index in [2.05, 4.69) is 43.5 Å². The van der Waals surface area contributed by atoms with E-state index in [0.717, 1.165) is 47.1 Å². The van der Waals surface area contributed by atoms with Crippen LogP contribution in [0.5, 0.6) is 17.2 Å². The van der Waals surface area contributed by atoms with Gasteiger partial charge in [0.05, 0.1) is 24.8 Å². The molecule has 0 radical (unpaired) electrons. The lowest BCUT2D eigenvalue weighted by Gasteiger charge is -2.19. The lowest BCUT2D eigenvalue weighted by molar-refractivity contribution is 0.280. The van der Waals surface area contributed by atoms with Crippen molar-refractivity contribution in [2.24, 2.45) is 0 Å². The van der Waals surface area contributed by atoms with Gasteiger partial charge in [0.2, 0.25) is 0 Å². The molecule has 3 aromatic carbocycles. The summed E-state index contributed by atoms with van der Waals surface area (Å²) < 4.78 is 19.4. The van der Waals surface area contributed by atoms with Crippen molar-refractivity contribution in [3.63, 3.8) is 0 Å². The minimum absolute atomic E-state index is 0.125. The Morgan fingerprint density at radius 2 is 1.42 bits per heavy atom. The topological polar surface area (TPSA) is 45.5 Å². The monoisotopic (exact) mass is 444 g/mol. The van der Waals surface area contributed by atoms with Gasteiger partial charge in [-0.2, -0.15) is 0 Å². The van der Waals surface area contributed by atoms with Gasteiger partial charge in [0.1, 0.15) is 29.7 Å². The minimum Gasteiger partial charge on any atom is -0.497 e. The molecule has 4 aromatic rings. The Morgan fingerprint density at radius 3 is 2.12 bits per heavy atom. The van der Waals surface area contributed by atoms with Crippen molar-refractivity contribution in [3.05, 3.63) is 84.2 Å². The van der Waals surface area contributed by atoms with Crippen LogP contribution < -0.4 is 14.2 Å². The van der Waals surface area contributed by atoms with Crippen LogP contribution in [-0.4, -0.2) is 23.3 Å². The van der Waals surface area contributed by atoms with E-state index >= 15 is 0 Å². The summed E-state index contributed by atoms with van der Waals surface area (Å²) in [5.74, 6) is 3.43. The van der Waals surface area contributed by atoms with Gasteiger partial charge in [-0.15, -0.1) is 0 Å². The average molecular weight is 445 g/mol. The van der Waals surface area contributed by atoms with Gasteiger partial charge < -0.3 is 18.8 Å². The lowest BCUT2D eigenvalue weighted by atomic mass is 9.87. The highest BCUT2D eigenvalue weighted by Crippen LogP contribution is 2.25. The van der Waals surface area contributed by atoms with Gasteiger partial charge in [0.15, 0.2) is 0 Å². The summed E-state index contributed by atoms with van der Waals surface area (Å²) in [6, 6.07) is 24.2. The van der Waals surface area contributed by atoms with Crippen molar-refractivity contribution < 1.29 is 14.2 Å². The Bertz CT molecular complexity index is 1170. The maximum Gasteiger partial charge on any atom is 0.147 e. The number of methoxy groups -OCH3 is 1. The summed E-state index contributed by atoms with van der Waals surface area (Å²) in [6.07, 6.45) is 0.861. The molecular weight excluding hydrogens is 412 g/mol. The smallest absolute Gasteiger partial charge is 0.147 e. The van der Waals surface area contributed by atoms with Crippen LogP contribution >= 0.6 is 0 Å². The molecule has 0 aliphatic carbocycles. The van der Waals surface area contributed by atoms with Crippen molar-refractivity contribution in [1.29, 1.82) is 0 Å². The van der Waals surface area contributed by atoms with Gasteiger partial charge >= 0.3 is 0 Å². The largest absolute Gasteiger partial charge is 0.497 e. The highest BCUT2D eigenvalue weighted by Gasteiger charge is 2.14. The third-order valence-electron chi connectivity index (χ3n) is 5.68. The molecule has 0 amide bonds. The first-order chi connectivity index (χ1) is 15.9. The van der Waals surface area contributed by atoms with Crippen LogP contribution in [0.15, 0.2) is 72.8 Å². The molecule has 4 rings (SSSR count). The van der Waals surface area contributed by atoms with Gasteiger partial charge in [-0.1, -0.05) is 45.0 Å². The molecule has 0 spiro atoms. The number of hydrogen-bond donors (Lipinski definition) is 0. The SMILES string of the molecule is COc1ccc(OCCCn2c(COc3ccc(C(C)(C)C)cc3)nc3ccccc32)cc1. The highest BCUT2D eigenvalue weighted by atomic mass is 16.5. The summed E-state index contributed by atoms with van der Waals surface area (Å²) in [4.78, 5) is 4.82. The molecule has 5 nitrogen and oxygen atoms in total. The third kappa shape index (κ3) is 5.67. The highest BCUT2D eigenvalue weighted by molar-refractivity contribution is 5.75. The van der Waals surface area contributed by atoms with E-state index in [1.54, 1.807) is 7.11 Å². The molecule has 0 N–H and O–H groups in total. The predicted octanol–water partition coefficient (Wildman–Crippen LogP) is 6.39. The normalized spacial score (nSPS) is 11.5. The second-order valence-electron chi connectivity index (χ2n) is 9.11. The predicted molar refractivity (Wildman–Crippen MR) is 132 cm³/mol. The zero-order valence-electron chi connectivity index (χ0n) is 19.9. The molecule has 0 aliphatic heterocycles. The maximum atomic E-state index is 6.10. The number of nitrogens with zero attached hydrogens (tertiary/aromatic N) is 2. The first-order valence-corrected chi connectivity index (χ1v) is 11.4.